The van der Waals surface area contributed by atoms with E-state index in [0.29, 0.717) is 0 Å². The first kappa shape index (κ1) is 8.55. The van der Waals surface area contributed by atoms with Gasteiger partial charge >= 0.3 is 0 Å². The van der Waals surface area contributed by atoms with Gasteiger partial charge in [0.15, 0.2) is 0 Å². The molecule has 0 heterocycles. The first-order chi connectivity index (χ1) is 5.92. The first-order valence-corrected chi connectivity index (χ1v) is 5.65. The van der Waals surface area contributed by atoms with E-state index in [2.05, 4.69) is 12.2 Å². The van der Waals surface area contributed by atoms with Gasteiger partial charge in [-0.1, -0.05) is 26.2 Å². The third-order valence-corrected chi connectivity index (χ3v) is 3.70. The zero-order chi connectivity index (χ0) is 8.39. The summed E-state index contributed by atoms with van der Waals surface area (Å²) >= 11 is 0. The molecule has 0 aliphatic heterocycles. The highest BCUT2D eigenvalue weighted by Gasteiger charge is 2.41. The minimum absolute atomic E-state index is 0.898. The van der Waals surface area contributed by atoms with E-state index in [-0.39, 0.29) is 0 Å². The zero-order valence-electron chi connectivity index (χ0n) is 8.18. The lowest BCUT2D eigenvalue weighted by molar-refractivity contribution is 0.0603. The molecule has 2 aliphatic carbocycles. The second kappa shape index (κ2) is 3.78. The van der Waals surface area contributed by atoms with Gasteiger partial charge in [0.1, 0.15) is 0 Å². The Balaban J connectivity index is 1.73. The van der Waals surface area contributed by atoms with Crippen LogP contribution in [0.1, 0.15) is 45.4 Å². The van der Waals surface area contributed by atoms with Gasteiger partial charge in [0.25, 0.3) is 0 Å². The average molecular weight is 167 g/mol. The molecule has 0 saturated heterocycles. The van der Waals surface area contributed by atoms with Gasteiger partial charge in [0.05, 0.1) is 0 Å². The summed E-state index contributed by atoms with van der Waals surface area (Å²) in [5.41, 5.74) is 0. The van der Waals surface area contributed by atoms with Gasteiger partial charge in [-0.25, -0.2) is 0 Å². The van der Waals surface area contributed by atoms with Crippen molar-refractivity contribution >= 4 is 0 Å². The molecule has 1 N–H and O–H groups in total. The average Bonchev–Trinajstić information content (AvgIpc) is 2.07. The fourth-order valence-electron chi connectivity index (χ4n) is 2.93. The smallest absolute Gasteiger partial charge is 0.0101 e. The Bertz CT molecular complexity index is 142. The van der Waals surface area contributed by atoms with E-state index in [0.717, 1.165) is 17.9 Å². The van der Waals surface area contributed by atoms with Crippen LogP contribution in [0, 0.1) is 11.8 Å². The van der Waals surface area contributed by atoms with Gasteiger partial charge in [-0.2, -0.15) is 0 Å². The van der Waals surface area contributed by atoms with Crippen molar-refractivity contribution in [2.45, 2.75) is 51.5 Å². The van der Waals surface area contributed by atoms with Crippen molar-refractivity contribution in [3.05, 3.63) is 0 Å². The maximum absolute atomic E-state index is 3.67. The third kappa shape index (κ3) is 1.52. The Morgan fingerprint density at radius 2 is 2.08 bits per heavy atom. The van der Waals surface area contributed by atoms with Crippen LogP contribution < -0.4 is 5.32 Å². The second-order valence-corrected chi connectivity index (χ2v) is 4.50. The quantitative estimate of drug-likeness (QED) is 0.681. The van der Waals surface area contributed by atoms with Crippen molar-refractivity contribution < 1.29 is 0 Å². The normalized spacial score (nSPS) is 40.2. The Labute approximate surface area is 75.9 Å². The van der Waals surface area contributed by atoms with Gasteiger partial charge in [-0.3, -0.25) is 0 Å². The van der Waals surface area contributed by atoms with Crippen molar-refractivity contribution in [3.8, 4) is 0 Å². The summed E-state index contributed by atoms with van der Waals surface area (Å²) in [4.78, 5) is 0. The van der Waals surface area contributed by atoms with E-state index in [1.807, 2.05) is 0 Å². The molecule has 2 fully saturated rings. The van der Waals surface area contributed by atoms with Crippen LogP contribution in [0.4, 0.5) is 0 Å². The molecule has 12 heavy (non-hydrogen) atoms. The molecule has 70 valence electrons. The summed E-state index contributed by atoms with van der Waals surface area (Å²) in [5, 5.41) is 3.67. The maximum atomic E-state index is 3.67. The lowest BCUT2D eigenvalue weighted by Crippen LogP contribution is -2.51. The molecule has 0 amide bonds. The number of rotatable bonds is 3. The molecular formula is C11H21N. The fraction of sp³-hybridized carbons (Fsp3) is 1.00. The summed E-state index contributed by atoms with van der Waals surface area (Å²) in [7, 11) is 0. The van der Waals surface area contributed by atoms with Crippen molar-refractivity contribution in [2.24, 2.45) is 11.8 Å². The van der Waals surface area contributed by atoms with Crippen molar-refractivity contribution in [2.75, 3.05) is 6.54 Å². The maximum Gasteiger partial charge on any atom is 0.0101 e. The molecule has 0 aromatic rings. The van der Waals surface area contributed by atoms with E-state index in [4.69, 9.17) is 0 Å². The summed E-state index contributed by atoms with van der Waals surface area (Å²) in [6.07, 6.45) is 8.78. The van der Waals surface area contributed by atoms with Crippen molar-refractivity contribution in [1.82, 2.24) is 5.32 Å². The van der Waals surface area contributed by atoms with Crippen molar-refractivity contribution in [3.63, 3.8) is 0 Å². The SMILES string of the molecule is CCCNC1CC2CCCCC21. The Kier molecular flexibility index (Phi) is 2.69. The standard InChI is InChI=1S/C11H21N/c1-2-7-12-11-8-9-5-3-4-6-10(9)11/h9-12H,2-8H2,1H3. The second-order valence-electron chi connectivity index (χ2n) is 4.50. The van der Waals surface area contributed by atoms with Crippen LogP contribution in [-0.2, 0) is 0 Å². The van der Waals surface area contributed by atoms with Crippen LogP contribution in [0.3, 0.4) is 0 Å². The fourth-order valence-corrected chi connectivity index (χ4v) is 2.93. The van der Waals surface area contributed by atoms with E-state index >= 15 is 0 Å². The molecule has 0 bridgehead atoms. The third-order valence-electron chi connectivity index (χ3n) is 3.70. The molecule has 0 aromatic carbocycles. The largest absolute Gasteiger partial charge is 0.314 e. The highest BCUT2D eigenvalue weighted by Crippen LogP contribution is 2.44. The minimum Gasteiger partial charge on any atom is -0.314 e. The molecule has 2 rings (SSSR count). The monoisotopic (exact) mass is 167 g/mol. The Hall–Kier alpha value is -0.0400. The van der Waals surface area contributed by atoms with Gasteiger partial charge in [-0.05, 0) is 37.6 Å². The molecule has 2 aliphatic rings. The number of hydrogen-bond donors (Lipinski definition) is 1. The highest BCUT2D eigenvalue weighted by atomic mass is 14.9. The lowest BCUT2D eigenvalue weighted by Gasteiger charge is -2.48. The van der Waals surface area contributed by atoms with Gasteiger partial charge in [0.2, 0.25) is 0 Å². The van der Waals surface area contributed by atoms with Crippen molar-refractivity contribution in [1.29, 1.82) is 0 Å². The molecule has 0 aromatic heterocycles. The van der Waals surface area contributed by atoms with Crippen LogP contribution in [0.5, 0.6) is 0 Å². The van der Waals surface area contributed by atoms with Gasteiger partial charge in [-0.15, -0.1) is 0 Å². The summed E-state index contributed by atoms with van der Waals surface area (Å²) in [6.45, 7) is 3.48. The van der Waals surface area contributed by atoms with Crippen LogP contribution in [-0.4, -0.2) is 12.6 Å². The predicted octanol–water partition coefficient (Wildman–Crippen LogP) is 2.56. The first-order valence-electron chi connectivity index (χ1n) is 5.65. The topological polar surface area (TPSA) is 12.0 Å². The van der Waals surface area contributed by atoms with Gasteiger partial charge in [0, 0.05) is 6.04 Å². The van der Waals surface area contributed by atoms with Crippen LogP contribution in [0.2, 0.25) is 0 Å². The number of nitrogens with one attached hydrogen (secondary N) is 1. The molecule has 0 radical (unpaired) electrons. The lowest BCUT2D eigenvalue weighted by atomic mass is 9.62. The van der Waals surface area contributed by atoms with Gasteiger partial charge < -0.3 is 5.32 Å². The van der Waals surface area contributed by atoms with Crippen LogP contribution >= 0.6 is 0 Å². The van der Waals surface area contributed by atoms with E-state index in [9.17, 15) is 0 Å². The Morgan fingerprint density at radius 1 is 1.25 bits per heavy atom. The molecule has 1 heteroatoms. The van der Waals surface area contributed by atoms with E-state index in [1.54, 1.807) is 0 Å². The number of fused-ring (bicyclic) bond motifs is 1. The molecule has 3 atom stereocenters. The summed E-state index contributed by atoms with van der Waals surface area (Å²) in [6, 6.07) is 0.898. The molecule has 2 saturated carbocycles. The van der Waals surface area contributed by atoms with E-state index in [1.165, 1.54) is 45.1 Å². The predicted molar refractivity (Wildman–Crippen MR) is 52.1 cm³/mol. The molecule has 0 spiro atoms. The Morgan fingerprint density at radius 3 is 2.83 bits per heavy atom. The summed E-state index contributed by atoms with van der Waals surface area (Å²) in [5.74, 6) is 2.17. The minimum atomic E-state index is 0.898. The van der Waals surface area contributed by atoms with Crippen LogP contribution in [0.15, 0.2) is 0 Å². The summed E-state index contributed by atoms with van der Waals surface area (Å²) < 4.78 is 0. The van der Waals surface area contributed by atoms with Crippen LogP contribution in [0.25, 0.3) is 0 Å². The number of hydrogen-bond acceptors (Lipinski definition) is 1. The molecular weight excluding hydrogens is 146 g/mol. The zero-order valence-corrected chi connectivity index (χ0v) is 8.18. The molecule has 3 unspecified atom stereocenters. The highest BCUT2D eigenvalue weighted by molar-refractivity contribution is 4.95. The molecule has 1 nitrogen and oxygen atoms in total. The van der Waals surface area contributed by atoms with E-state index < -0.39 is 0 Å².